The highest BCUT2D eigenvalue weighted by Crippen LogP contribution is 2.15. The third-order valence-electron chi connectivity index (χ3n) is 4.51. The van der Waals surface area contributed by atoms with Crippen LogP contribution < -0.4 is 16.0 Å². The van der Waals surface area contributed by atoms with Crippen molar-refractivity contribution in [2.45, 2.75) is 59.1 Å². The van der Waals surface area contributed by atoms with Gasteiger partial charge < -0.3 is 20.7 Å². The first-order valence-corrected chi connectivity index (χ1v) is 10.8. The maximum atomic E-state index is 12.3. The second kappa shape index (κ2) is 11.9. The van der Waals surface area contributed by atoms with E-state index < -0.39 is 11.7 Å². The van der Waals surface area contributed by atoms with Crippen LogP contribution >= 0.6 is 0 Å². The van der Waals surface area contributed by atoms with E-state index in [9.17, 15) is 14.4 Å². The molecule has 32 heavy (non-hydrogen) atoms. The van der Waals surface area contributed by atoms with Crippen LogP contribution in [0.5, 0.6) is 0 Å². The zero-order chi connectivity index (χ0) is 23.6. The Labute approximate surface area is 189 Å². The first kappa shape index (κ1) is 24.9. The van der Waals surface area contributed by atoms with Crippen molar-refractivity contribution in [1.82, 2.24) is 10.6 Å². The fourth-order valence-electron chi connectivity index (χ4n) is 3.01. The fraction of sp³-hybridized carbons (Fsp3) is 0.400. The summed E-state index contributed by atoms with van der Waals surface area (Å²) >= 11 is 0. The summed E-state index contributed by atoms with van der Waals surface area (Å²) in [5.74, 6) is -0.284. The average molecular weight is 440 g/mol. The first-order valence-electron chi connectivity index (χ1n) is 10.8. The van der Waals surface area contributed by atoms with Gasteiger partial charge in [0.05, 0.1) is 0 Å². The molecule has 172 valence electrons. The van der Waals surface area contributed by atoms with E-state index in [1.807, 2.05) is 43.3 Å². The van der Waals surface area contributed by atoms with Gasteiger partial charge >= 0.3 is 6.09 Å². The molecule has 0 heterocycles. The van der Waals surface area contributed by atoms with Gasteiger partial charge in [-0.3, -0.25) is 9.59 Å². The van der Waals surface area contributed by atoms with Gasteiger partial charge in [-0.25, -0.2) is 4.79 Å². The van der Waals surface area contributed by atoms with E-state index in [-0.39, 0.29) is 24.8 Å². The minimum Gasteiger partial charge on any atom is -0.444 e. The number of hydrogen-bond donors (Lipinski definition) is 3. The lowest BCUT2D eigenvalue weighted by atomic mass is 10.1. The van der Waals surface area contributed by atoms with Gasteiger partial charge in [-0.2, -0.15) is 0 Å². The van der Waals surface area contributed by atoms with Crippen LogP contribution in [0.25, 0.3) is 0 Å². The lowest BCUT2D eigenvalue weighted by molar-refractivity contribution is -0.121. The van der Waals surface area contributed by atoms with Crippen LogP contribution in [-0.2, 0) is 27.3 Å². The second-order valence-corrected chi connectivity index (χ2v) is 8.65. The Morgan fingerprint density at radius 3 is 2.38 bits per heavy atom. The summed E-state index contributed by atoms with van der Waals surface area (Å²) in [5, 5.41) is 8.31. The standard InChI is InChI=1S/C25H33N3O4/c1-18-8-7-9-19(16-18)12-13-22(29)27-17-20-10-5-6-11-21(20)28-23(30)14-15-26-24(31)32-25(2,3)4/h5-11,16H,12-15,17H2,1-4H3,(H,26,31)(H,27,29)(H,28,30). The molecular formula is C25H33N3O4. The Morgan fingerprint density at radius 2 is 1.66 bits per heavy atom. The maximum absolute atomic E-state index is 12.3. The van der Waals surface area contributed by atoms with Crippen molar-refractivity contribution in [3.8, 4) is 0 Å². The van der Waals surface area contributed by atoms with Crippen molar-refractivity contribution in [2.24, 2.45) is 0 Å². The van der Waals surface area contributed by atoms with Gasteiger partial charge in [-0.1, -0.05) is 48.0 Å². The molecule has 2 rings (SSSR count). The number of anilines is 1. The fourth-order valence-corrected chi connectivity index (χ4v) is 3.01. The monoisotopic (exact) mass is 439 g/mol. The zero-order valence-electron chi connectivity index (χ0n) is 19.3. The van der Waals surface area contributed by atoms with Crippen LogP contribution in [0.1, 0.15) is 50.3 Å². The Kier molecular flexibility index (Phi) is 9.25. The highest BCUT2D eigenvalue weighted by Gasteiger charge is 2.16. The summed E-state index contributed by atoms with van der Waals surface area (Å²) in [6.07, 6.45) is 0.625. The van der Waals surface area contributed by atoms with E-state index in [1.54, 1.807) is 26.8 Å². The van der Waals surface area contributed by atoms with Crippen LogP contribution in [0.2, 0.25) is 0 Å². The van der Waals surface area contributed by atoms with E-state index in [1.165, 1.54) is 5.56 Å². The molecule has 0 saturated heterocycles. The molecule has 3 amide bonds. The van der Waals surface area contributed by atoms with Crippen LogP contribution in [0.4, 0.5) is 10.5 Å². The van der Waals surface area contributed by atoms with Gasteiger partial charge in [0.2, 0.25) is 11.8 Å². The first-order chi connectivity index (χ1) is 15.1. The molecule has 2 aromatic carbocycles. The number of carbonyl (C=O) groups is 3. The number of rotatable bonds is 9. The molecule has 0 saturated carbocycles. The second-order valence-electron chi connectivity index (χ2n) is 8.65. The quantitative estimate of drug-likeness (QED) is 0.548. The Balaban J connectivity index is 1.78. The van der Waals surface area contributed by atoms with E-state index >= 15 is 0 Å². The molecular weight excluding hydrogens is 406 g/mol. The summed E-state index contributed by atoms with van der Waals surface area (Å²) in [7, 11) is 0. The van der Waals surface area contributed by atoms with Crippen molar-refractivity contribution in [3.63, 3.8) is 0 Å². The van der Waals surface area contributed by atoms with Crippen LogP contribution in [0.3, 0.4) is 0 Å². The summed E-state index contributed by atoms with van der Waals surface area (Å²) in [5.41, 5.74) is 3.16. The summed E-state index contributed by atoms with van der Waals surface area (Å²) in [6.45, 7) is 7.84. The van der Waals surface area contributed by atoms with Crippen LogP contribution in [0, 0.1) is 6.92 Å². The molecule has 7 nitrogen and oxygen atoms in total. The normalized spacial score (nSPS) is 10.9. The molecule has 0 bridgehead atoms. The van der Waals surface area contributed by atoms with Crippen molar-refractivity contribution < 1.29 is 19.1 Å². The van der Waals surface area contributed by atoms with Gasteiger partial charge in [0.15, 0.2) is 0 Å². The predicted molar refractivity (Wildman–Crippen MR) is 125 cm³/mol. The molecule has 0 aliphatic rings. The Bertz CT molecular complexity index is 935. The van der Waals surface area contributed by atoms with E-state index in [0.717, 1.165) is 11.1 Å². The molecule has 0 fully saturated rings. The van der Waals surface area contributed by atoms with E-state index in [0.29, 0.717) is 25.1 Å². The molecule has 2 aromatic rings. The molecule has 0 aliphatic carbocycles. The smallest absolute Gasteiger partial charge is 0.407 e. The molecule has 3 N–H and O–H groups in total. The number of nitrogens with one attached hydrogen (secondary N) is 3. The van der Waals surface area contributed by atoms with E-state index in [2.05, 4.69) is 22.0 Å². The number of aryl methyl sites for hydroxylation is 2. The number of hydrogen-bond acceptors (Lipinski definition) is 4. The Morgan fingerprint density at radius 1 is 0.906 bits per heavy atom. The molecule has 0 atom stereocenters. The predicted octanol–water partition coefficient (Wildman–Crippen LogP) is 4.10. The van der Waals surface area contributed by atoms with Crippen molar-refractivity contribution in [3.05, 3.63) is 65.2 Å². The van der Waals surface area contributed by atoms with Gasteiger partial charge in [0.25, 0.3) is 0 Å². The SMILES string of the molecule is Cc1cccc(CCC(=O)NCc2ccccc2NC(=O)CCNC(=O)OC(C)(C)C)c1. The zero-order valence-corrected chi connectivity index (χ0v) is 19.3. The summed E-state index contributed by atoms with van der Waals surface area (Å²) in [4.78, 5) is 36.2. The summed E-state index contributed by atoms with van der Waals surface area (Å²) in [6, 6.07) is 15.4. The van der Waals surface area contributed by atoms with Gasteiger partial charge in [0, 0.05) is 31.6 Å². The number of carbonyl (C=O) groups excluding carboxylic acids is 3. The lowest BCUT2D eigenvalue weighted by Gasteiger charge is -2.19. The molecule has 7 heteroatoms. The van der Waals surface area contributed by atoms with Crippen LogP contribution in [-0.4, -0.2) is 30.1 Å². The number of para-hydroxylation sites is 1. The molecule has 0 spiro atoms. The van der Waals surface area contributed by atoms with E-state index in [4.69, 9.17) is 4.74 Å². The van der Waals surface area contributed by atoms with Crippen LogP contribution in [0.15, 0.2) is 48.5 Å². The molecule has 0 radical (unpaired) electrons. The number of ether oxygens (including phenoxy) is 1. The third-order valence-corrected chi connectivity index (χ3v) is 4.51. The molecule has 0 aliphatic heterocycles. The van der Waals surface area contributed by atoms with Gasteiger partial charge in [0.1, 0.15) is 5.60 Å². The highest BCUT2D eigenvalue weighted by atomic mass is 16.6. The highest BCUT2D eigenvalue weighted by molar-refractivity contribution is 5.92. The van der Waals surface area contributed by atoms with Crippen molar-refractivity contribution in [1.29, 1.82) is 0 Å². The van der Waals surface area contributed by atoms with Gasteiger partial charge in [-0.05, 0) is 51.3 Å². The Hall–Kier alpha value is -3.35. The molecule has 0 aromatic heterocycles. The van der Waals surface area contributed by atoms with Gasteiger partial charge in [-0.15, -0.1) is 0 Å². The lowest BCUT2D eigenvalue weighted by Crippen LogP contribution is -2.34. The summed E-state index contributed by atoms with van der Waals surface area (Å²) < 4.78 is 5.14. The largest absolute Gasteiger partial charge is 0.444 e. The molecule has 0 unspecified atom stereocenters. The minimum atomic E-state index is -0.588. The maximum Gasteiger partial charge on any atom is 0.407 e. The van der Waals surface area contributed by atoms with Crippen molar-refractivity contribution in [2.75, 3.05) is 11.9 Å². The number of alkyl carbamates (subject to hydrolysis) is 1. The topological polar surface area (TPSA) is 96.5 Å². The number of amides is 3. The van der Waals surface area contributed by atoms with Crippen molar-refractivity contribution >= 4 is 23.6 Å². The number of benzene rings is 2. The average Bonchev–Trinajstić information content (AvgIpc) is 2.70. The minimum absolute atomic E-state index is 0.0470. The third kappa shape index (κ3) is 9.64.